The topological polar surface area (TPSA) is 247 Å². The van der Waals surface area contributed by atoms with Crippen molar-refractivity contribution in [2.45, 2.75) is 55.1 Å². The number of hydrogen-bond donors (Lipinski definition) is 10. The van der Waals surface area contributed by atoms with E-state index < -0.39 is 82.8 Å². The number of aliphatic hydroxyl groups is 8. The molecule has 0 aromatic carbocycles. The van der Waals surface area contributed by atoms with Gasteiger partial charge in [-0.05, 0) is 0 Å². The van der Waals surface area contributed by atoms with Crippen LogP contribution in [0.1, 0.15) is 0 Å². The Morgan fingerprint density at radius 3 is 1.96 bits per heavy atom. The highest BCUT2D eigenvalue weighted by molar-refractivity contribution is 7.46. The lowest BCUT2D eigenvalue weighted by atomic mass is 9.98. The first-order valence-corrected chi connectivity index (χ1v) is 9.27. The van der Waals surface area contributed by atoms with Crippen molar-refractivity contribution in [3.8, 4) is 0 Å². The van der Waals surface area contributed by atoms with Gasteiger partial charge in [0.1, 0.15) is 48.8 Å². The average Bonchev–Trinajstić information content (AvgIpc) is 2.62. The van der Waals surface area contributed by atoms with Crippen LogP contribution < -0.4 is 0 Å². The Morgan fingerprint density at radius 2 is 1.48 bits per heavy atom. The Bertz CT molecular complexity index is 487. The summed E-state index contributed by atoms with van der Waals surface area (Å²) in [6, 6.07) is 0. The summed E-state index contributed by atoms with van der Waals surface area (Å²) in [5, 5.41) is 76.6. The summed E-state index contributed by atoms with van der Waals surface area (Å²) >= 11 is 0. The molecule has 15 heteroatoms. The summed E-state index contributed by atoms with van der Waals surface area (Å²) in [5.74, 6) is 0. The largest absolute Gasteiger partial charge is 0.469 e. The molecule has 1 aliphatic heterocycles. The third kappa shape index (κ3) is 6.92. The highest BCUT2D eigenvalue weighted by Gasteiger charge is 2.47. The molecule has 0 radical (unpaired) electrons. The third-order valence-electron chi connectivity index (χ3n) is 3.85. The third-order valence-corrected chi connectivity index (χ3v) is 4.34. The van der Waals surface area contributed by atoms with Crippen molar-refractivity contribution in [1.29, 1.82) is 0 Å². The Balaban J connectivity index is 2.93. The van der Waals surface area contributed by atoms with Crippen LogP contribution >= 0.6 is 7.82 Å². The minimum atomic E-state index is -4.94. The summed E-state index contributed by atoms with van der Waals surface area (Å²) in [6.07, 6.45) is -16.6. The van der Waals surface area contributed by atoms with Crippen molar-refractivity contribution in [3.63, 3.8) is 0 Å². The molecule has 27 heavy (non-hydrogen) atoms. The maximum atomic E-state index is 10.8. The van der Waals surface area contributed by atoms with Gasteiger partial charge in [0.25, 0.3) is 0 Å². The number of phosphoric acid groups is 1. The monoisotopic (exact) mass is 424 g/mol. The molecule has 1 heterocycles. The van der Waals surface area contributed by atoms with Crippen LogP contribution in [0.5, 0.6) is 0 Å². The van der Waals surface area contributed by atoms with Gasteiger partial charge < -0.3 is 60.1 Å². The Hall–Kier alpha value is -0.290. The molecule has 0 aromatic heterocycles. The first-order chi connectivity index (χ1) is 12.4. The van der Waals surface area contributed by atoms with Crippen LogP contribution in [0.4, 0.5) is 0 Å². The quantitative estimate of drug-likeness (QED) is 0.147. The van der Waals surface area contributed by atoms with Crippen molar-refractivity contribution >= 4 is 7.82 Å². The molecule has 1 fully saturated rings. The van der Waals surface area contributed by atoms with Crippen LogP contribution in [0, 0.1) is 0 Å². The fraction of sp³-hybridized carbons (Fsp3) is 1.00. The fourth-order valence-electron chi connectivity index (χ4n) is 2.32. The van der Waals surface area contributed by atoms with E-state index in [-0.39, 0.29) is 0 Å². The zero-order valence-corrected chi connectivity index (χ0v) is 14.8. The normalized spacial score (nSPS) is 34.1. The molecule has 162 valence electrons. The van der Waals surface area contributed by atoms with E-state index in [0.717, 1.165) is 0 Å². The van der Waals surface area contributed by atoms with Crippen molar-refractivity contribution in [2.75, 3.05) is 19.8 Å². The molecule has 0 aliphatic carbocycles. The molecule has 1 aliphatic rings. The highest BCUT2D eigenvalue weighted by Crippen LogP contribution is 2.37. The summed E-state index contributed by atoms with van der Waals surface area (Å²) in [7, 11) is -4.94. The zero-order chi connectivity index (χ0) is 20.9. The van der Waals surface area contributed by atoms with Gasteiger partial charge in [-0.3, -0.25) is 4.52 Å². The zero-order valence-electron chi connectivity index (χ0n) is 13.9. The number of aliphatic hydroxyl groups excluding tert-OH is 8. The van der Waals surface area contributed by atoms with Gasteiger partial charge in [-0.2, -0.15) is 0 Å². The molecule has 0 aromatic rings. The van der Waals surface area contributed by atoms with E-state index in [9.17, 15) is 35.2 Å². The number of rotatable bonds is 10. The first-order valence-electron chi connectivity index (χ1n) is 7.74. The lowest BCUT2D eigenvalue weighted by Gasteiger charge is -2.42. The number of ether oxygens (including phenoxy) is 2. The standard InChI is InChI=1S/C12H25O14P/c13-1-4(15)7(17)11(5(16)2-14)26-12-10(20)9(19)8(18)6(25-12)3-24-27(21,22)23/h4-20H,1-3H2,(H2,21,22,23)/t4-,5+,6+,7+,8-,9-,10+,11+,12-/m0/s1. The van der Waals surface area contributed by atoms with E-state index in [1.165, 1.54) is 0 Å². The maximum Gasteiger partial charge on any atom is 0.469 e. The molecule has 9 atom stereocenters. The molecule has 0 saturated carbocycles. The average molecular weight is 424 g/mol. The first kappa shape index (κ1) is 24.7. The maximum absolute atomic E-state index is 10.8. The summed E-state index contributed by atoms with van der Waals surface area (Å²) in [4.78, 5) is 17.4. The van der Waals surface area contributed by atoms with Gasteiger partial charge >= 0.3 is 7.82 Å². The van der Waals surface area contributed by atoms with E-state index in [0.29, 0.717) is 0 Å². The molecule has 1 rings (SSSR count). The second-order valence-corrected chi connectivity index (χ2v) is 7.13. The Kier molecular flexibility index (Phi) is 9.60. The van der Waals surface area contributed by atoms with Crippen LogP contribution in [0.25, 0.3) is 0 Å². The second kappa shape index (κ2) is 10.5. The second-order valence-electron chi connectivity index (χ2n) is 5.89. The molecule has 0 spiro atoms. The molecule has 0 bridgehead atoms. The van der Waals surface area contributed by atoms with Crippen LogP contribution in [0.15, 0.2) is 0 Å². The molecular formula is C12H25O14P. The van der Waals surface area contributed by atoms with E-state index in [2.05, 4.69) is 4.52 Å². The van der Waals surface area contributed by atoms with E-state index in [4.69, 9.17) is 29.5 Å². The predicted octanol–water partition coefficient (Wildman–Crippen LogP) is -5.64. The van der Waals surface area contributed by atoms with Crippen molar-refractivity contribution in [3.05, 3.63) is 0 Å². The minimum absolute atomic E-state index is 0.913. The molecule has 0 amide bonds. The highest BCUT2D eigenvalue weighted by atomic mass is 31.2. The molecule has 14 nitrogen and oxygen atoms in total. The van der Waals surface area contributed by atoms with Gasteiger partial charge in [-0.25, -0.2) is 4.57 Å². The van der Waals surface area contributed by atoms with Gasteiger partial charge in [0.2, 0.25) is 0 Å². The summed E-state index contributed by atoms with van der Waals surface area (Å²) in [6.45, 7) is -2.81. The van der Waals surface area contributed by atoms with Crippen LogP contribution in [0.3, 0.4) is 0 Å². The van der Waals surface area contributed by atoms with Crippen molar-refractivity contribution < 1.29 is 69.2 Å². The minimum Gasteiger partial charge on any atom is -0.394 e. The van der Waals surface area contributed by atoms with Gasteiger partial charge in [0.15, 0.2) is 6.29 Å². The molecule has 0 unspecified atom stereocenters. The lowest BCUT2D eigenvalue weighted by molar-refractivity contribution is -0.326. The van der Waals surface area contributed by atoms with Gasteiger partial charge in [-0.15, -0.1) is 0 Å². The fourth-order valence-corrected chi connectivity index (χ4v) is 2.66. The smallest absolute Gasteiger partial charge is 0.394 e. The van der Waals surface area contributed by atoms with Crippen molar-refractivity contribution in [2.24, 2.45) is 0 Å². The molecule has 1 saturated heterocycles. The summed E-state index contributed by atoms with van der Waals surface area (Å²) in [5.41, 5.74) is 0. The molecular weight excluding hydrogens is 399 g/mol. The van der Waals surface area contributed by atoms with Crippen LogP contribution in [-0.4, -0.2) is 126 Å². The lowest BCUT2D eigenvalue weighted by Crippen LogP contribution is -2.61. The predicted molar refractivity (Wildman–Crippen MR) is 81.7 cm³/mol. The van der Waals surface area contributed by atoms with Gasteiger partial charge in [0, 0.05) is 0 Å². The molecule has 10 N–H and O–H groups in total. The SMILES string of the molecule is O=P(O)(O)OC[C@H]1O[C@@H](O[C@@H]([C@H](O)[C@@H](O)CO)[C@H](O)CO)[C@H](O)[C@@H](O)[C@H]1O. The Morgan fingerprint density at radius 1 is 0.926 bits per heavy atom. The van der Waals surface area contributed by atoms with E-state index in [1.54, 1.807) is 0 Å². The number of hydrogen-bond acceptors (Lipinski definition) is 12. The summed E-state index contributed by atoms with van der Waals surface area (Å²) < 4.78 is 25.1. The van der Waals surface area contributed by atoms with Gasteiger partial charge in [-0.1, -0.05) is 0 Å². The van der Waals surface area contributed by atoms with E-state index >= 15 is 0 Å². The number of phosphoric ester groups is 1. The van der Waals surface area contributed by atoms with E-state index in [1.807, 2.05) is 0 Å². The van der Waals surface area contributed by atoms with Gasteiger partial charge in [0.05, 0.1) is 19.8 Å². The Labute approximate surface area is 153 Å². The van der Waals surface area contributed by atoms with Crippen molar-refractivity contribution in [1.82, 2.24) is 0 Å². The van der Waals surface area contributed by atoms with Crippen LogP contribution in [-0.2, 0) is 18.6 Å². The van der Waals surface area contributed by atoms with Crippen LogP contribution in [0.2, 0.25) is 0 Å².